The number of nitrogens with one attached hydrogen (secondary N) is 2. The Balaban J connectivity index is 2.66. The second-order valence-corrected chi connectivity index (χ2v) is 5.19. The third-order valence-corrected chi connectivity index (χ3v) is 2.89. The van der Waals surface area contributed by atoms with Gasteiger partial charge in [0.05, 0.1) is 25.5 Å². The van der Waals surface area contributed by atoms with Crippen molar-refractivity contribution in [1.29, 1.82) is 5.41 Å². The van der Waals surface area contributed by atoms with E-state index in [1.165, 1.54) is 0 Å². The number of carbonyl (C=O) groups is 3. The lowest BCUT2D eigenvalue weighted by atomic mass is 10.00. The Hall–Kier alpha value is -1.80. The van der Waals surface area contributed by atoms with Crippen LogP contribution in [0.5, 0.6) is 0 Å². The molecule has 1 saturated heterocycles. The van der Waals surface area contributed by atoms with Crippen LogP contribution in [0.1, 0.15) is 26.7 Å². The molecule has 1 aliphatic rings. The molecule has 0 aromatic carbocycles. The summed E-state index contributed by atoms with van der Waals surface area (Å²) in [5, 5.41) is 19.0. The van der Waals surface area contributed by atoms with Crippen LogP contribution in [0.3, 0.4) is 0 Å². The van der Waals surface area contributed by atoms with E-state index in [9.17, 15) is 19.5 Å². The normalized spacial score (nSPS) is 17.5. The van der Waals surface area contributed by atoms with Gasteiger partial charge in [0.25, 0.3) is 5.91 Å². The minimum atomic E-state index is -1.64. The van der Waals surface area contributed by atoms with Crippen molar-refractivity contribution in [3.63, 3.8) is 0 Å². The first-order valence-electron chi connectivity index (χ1n) is 6.63. The lowest BCUT2D eigenvalue weighted by Gasteiger charge is -2.35. The van der Waals surface area contributed by atoms with Crippen molar-refractivity contribution >= 4 is 23.9 Å². The van der Waals surface area contributed by atoms with Gasteiger partial charge in [0.2, 0.25) is 0 Å². The Kier molecular flexibility index (Phi) is 5.98. The van der Waals surface area contributed by atoms with E-state index in [1.54, 1.807) is 13.8 Å². The fraction of sp³-hybridized carbons (Fsp3) is 0.692. The number of carbonyl (C=O) groups excluding carboxylic acids is 3. The van der Waals surface area contributed by atoms with Gasteiger partial charge >= 0.3 is 5.97 Å². The summed E-state index contributed by atoms with van der Waals surface area (Å²) in [5.74, 6) is -1.88. The van der Waals surface area contributed by atoms with Crippen LogP contribution in [0, 0.1) is 5.41 Å². The van der Waals surface area contributed by atoms with Crippen LogP contribution >= 0.6 is 0 Å². The summed E-state index contributed by atoms with van der Waals surface area (Å²) in [6.07, 6.45) is 0.212. The molecule has 0 radical (unpaired) electrons. The van der Waals surface area contributed by atoms with Gasteiger partial charge in [-0.05, 0) is 20.3 Å². The molecule has 118 valence electrons. The SMILES string of the molecule is CC(C)OC(=O)[C@H](CCC(=O)C=N)NC(=O)C1(O)COC1. The van der Waals surface area contributed by atoms with Gasteiger partial charge in [-0.25, -0.2) is 4.79 Å². The molecule has 1 rings (SSSR count). The largest absolute Gasteiger partial charge is 0.461 e. The number of aliphatic hydroxyl groups is 1. The van der Waals surface area contributed by atoms with E-state index in [-0.39, 0.29) is 32.2 Å². The maximum atomic E-state index is 11.9. The highest BCUT2D eigenvalue weighted by atomic mass is 16.5. The molecule has 1 heterocycles. The van der Waals surface area contributed by atoms with Gasteiger partial charge in [0.1, 0.15) is 6.04 Å². The predicted molar refractivity (Wildman–Crippen MR) is 72.0 cm³/mol. The van der Waals surface area contributed by atoms with Crippen LogP contribution in [0.25, 0.3) is 0 Å². The van der Waals surface area contributed by atoms with Crippen LogP contribution in [0.2, 0.25) is 0 Å². The average Bonchev–Trinajstić information content (AvgIpc) is 2.38. The summed E-state index contributed by atoms with van der Waals surface area (Å²) in [4.78, 5) is 34.9. The van der Waals surface area contributed by atoms with Crippen molar-refractivity contribution in [1.82, 2.24) is 5.32 Å². The summed E-state index contributed by atoms with van der Waals surface area (Å²) in [7, 11) is 0. The highest BCUT2D eigenvalue weighted by molar-refractivity contribution is 6.26. The molecule has 8 nitrogen and oxygen atoms in total. The Bertz CT molecular complexity index is 430. The van der Waals surface area contributed by atoms with Crippen LogP contribution in [-0.2, 0) is 23.9 Å². The van der Waals surface area contributed by atoms with E-state index >= 15 is 0 Å². The summed E-state index contributed by atoms with van der Waals surface area (Å²) in [6, 6.07) is -1.05. The van der Waals surface area contributed by atoms with Crippen LogP contribution in [-0.4, -0.2) is 59.9 Å². The van der Waals surface area contributed by atoms with Gasteiger partial charge in [0.15, 0.2) is 11.4 Å². The van der Waals surface area contributed by atoms with Gasteiger partial charge in [-0.3, -0.25) is 9.59 Å². The van der Waals surface area contributed by atoms with Crippen LogP contribution in [0.15, 0.2) is 0 Å². The first-order valence-corrected chi connectivity index (χ1v) is 6.63. The van der Waals surface area contributed by atoms with Crippen LogP contribution in [0.4, 0.5) is 0 Å². The number of amides is 1. The number of esters is 1. The van der Waals surface area contributed by atoms with Gasteiger partial charge in [-0.15, -0.1) is 0 Å². The monoisotopic (exact) mass is 300 g/mol. The summed E-state index contributed by atoms with van der Waals surface area (Å²) >= 11 is 0. The van der Waals surface area contributed by atoms with Crippen molar-refractivity contribution < 1.29 is 29.0 Å². The Labute approximate surface area is 122 Å². The minimum absolute atomic E-state index is 0.00242. The predicted octanol–water partition coefficient (Wildman–Crippen LogP) is -0.817. The molecule has 0 bridgehead atoms. The molecule has 0 aliphatic carbocycles. The van der Waals surface area contributed by atoms with Crippen molar-refractivity contribution in [2.24, 2.45) is 0 Å². The van der Waals surface area contributed by atoms with Crippen molar-refractivity contribution in [2.45, 2.75) is 44.4 Å². The van der Waals surface area contributed by atoms with E-state index < -0.39 is 29.3 Å². The smallest absolute Gasteiger partial charge is 0.328 e. The number of hydrogen-bond donors (Lipinski definition) is 3. The quantitative estimate of drug-likeness (QED) is 0.397. The van der Waals surface area contributed by atoms with Crippen molar-refractivity contribution in [3.05, 3.63) is 0 Å². The van der Waals surface area contributed by atoms with Gasteiger partial charge in [0, 0.05) is 6.42 Å². The zero-order valence-corrected chi connectivity index (χ0v) is 12.0. The number of ketones is 1. The maximum Gasteiger partial charge on any atom is 0.328 e. The molecule has 3 N–H and O–H groups in total. The van der Waals surface area contributed by atoms with E-state index in [1.807, 2.05) is 0 Å². The third kappa shape index (κ3) is 4.91. The molecule has 0 spiro atoms. The molecule has 1 aliphatic heterocycles. The Morgan fingerprint density at radius 2 is 2.05 bits per heavy atom. The highest BCUT2D eigenvalue weighted by Crippen LogP contribution is 2.17. The Morgan fingerprint density at radius 3 is 2.48 bits per heavy atom. The molecule has 21 heavy (non-hydrogen) atoms. The zero-order chi connectivity index (χ0) is 16.0. The van der Waals surface area contributed by atoms with E-state index in [0.717, 1.165) is 0 Å². The summed E-state index contributed by atoms with van der Waals surface area (Å²) in [6.45, 7) is 3.05. The standard InChI is InChI=1S/C13H20N2O6/c1-8(2)21-11(17)10(4-3-9(16)5-14)15-12(18)13(19)6-20-7-13/h5,8,10,14,19H,3-4,6-7H2,1-2H3,(H,15,18)/t10-/m0/s1. The topological polar surface area (TPSA) is 126 Å². The zero-order valence-electron chi connectivity index (χ0n) is 12.0. The lowest BCUT2D eigenvalue weighted by Crippen LogP contribution is -2.62. The average molecular weight is 300 g/mol. The first-order chi connectivity index (χ1) is 9.78. The van der Waals surface area contributed by atoms with E-state index in [2.05, 4.69) is 5.32 Å². The second kappa shape index (κ2) is 7.28. The van der Waals surface area contributed by atoms with Crippen molar-refractivity contribution in [3.8, 4) is 0 Å². The molecule has 1 fully saturated rings. The van der Waals surface area contributed by atoms with Gasteiger partial charge in [-0.2, -0.15) is 0 Å². The molecule has 0 unspecified atom stereocenters. The fourth-order valence-corrected chi connectivity index (χ4v) is 1.64. The molecule has 0 saturated carbocycles. The molecule has 8 heteroatoms. The number of ether oxygens (including phenoxy) is 2. The first kappa shape index (κ1) is 17.3. The lowest BCUT2D eigenvalue weighted by molar-refractivity contribution is -0.192. The highest BCUT2D eigenvalue weighted by Gasteiger charge is 2.45. The molecule has 0 aromatic heterocycles. The molecular formula is C13H20N2O6. The van der Waals surface area contributed by atoms with Gasteiger partial charge in [-0.1, -0.05) is 0 Å². The van der Waals surface area contributed by atoms with Crippen molar-refractivity contribution in [2.75, 3.05) is 13.2 Å². The maximum absolute atomic E-state index is 11.9. The molecule has 1 atom stereocenters. The molecule has 1 amide bonds. The number of hydrogen-bond acceptors (Lipinski definition) is 7. The fourth-order valence-electron chi connectivity index (χ4n) is 1.64. The van der Waals surface area contributed by atoms with Crippen LogP contribution < -0.4 is 5.32 Å². The molecule has 0 aromatic rings. The van der Waals surface area contributed by atoms with E-state index in [0.29, 0.717) is 6.21 Å². The number of Topliss-reactive ketones (excluding diaryl/α,β-unsaturated/α-hetero) is 1. The van der Waals surface area contributed by atoms with Gasteiger partial charge < -0.3 is 25.3 Å². The second-order valence-electron chi connectivity index (χ2n) is 5.19. The van der Waals surface area contributed by atoms with E-state index in [4.69, 9.17) is 14.9 Å². The summed E-state index contributed by atoms with van der Waals surface area (Å²) in [5.41, 5.74) is -1.64. The number of rotatable bonds is 8. The summed E-state index contributed by atoms with van der Waals surface area (Å²) < 4.78 is 9.78. The minimum Gasteiger partial charge on any atom is -0.461 e. The molecular weight excluding hydrogens is 280 g/mol. The third-order valence-electron chi connectivity index (χ3n) is 2.89. The Morgan fingerprint density at radius 1 is 1.43 bits per heavy atom.